The topological polar surface area (TPSA) is 12.5 Å². The summed E-state index contributed by atoms with van der Waals surface area (Å²) >= 11 is -0.189. The minimum absolute atomic E-state index is 0.189. The summed E-state index contributed by atoms with van der Waals surface area (Å²) < 4.78 is 8.28. The first kappa shape index (κ1) is 15.1. The van der Waals surface area contributed by atoms with Crippen LogP contribution in [0, 0.1) is 6.92 Å². The van der Waals surface area contributed by atoms with Gasteiger partial charge in [0.15, 0.2) is 0 Å². The van der Waals surface area contributed by atoms with Crippen LogP contribution in [-0.4, -0.2) is 26.7 Å². The molecule has 0 aromatic heterocycles. The molecule has 0 atom stereocenters. The molecule has 102 valence electrons. The second kappa shape index (κ2) is 7.50. The van der Waals surface area contributed by atoms with Crippen molar-refractivity contribution in [2.45, 2.75) is 26.8 Å². The van der Waals surface area contributed by atoms with Crippen LogP contribution in [0.4, 0.5) is 0 Å². The Hall–Kier alpha value is -1.27. The molecule has 0 aliphatic carbocycles. The van der Waals surface area contributed by atoms with Crippen molar-refractivity contribution in [1.82, 2.24) is 3.88 Å². The Balaban J connectivity index is 1.92. The molecule has 0 unspecified atom stereocenters. The average Bonchev–Trinajstić information content (AvgIpc) is 2.47. The molecule has 2 aromatic rings. The predicted molar refractivity (Wildman–Crippen MR) is 84.8 cm³/mol. The molecular weight excluding hydrogens is 261 g/mol. The van der Waals surface area contributed by atoms with Crippen LogP contribution in [0.2, 0.25) is 0 Å². The van der Waals surface area contributed by atoms with E-state index in [9.17, 15) is 0 Å². The van der Waals surface area contributed by atoms with Gasteiger partial charge in [-0.1, -0.05) is 0 Å². The molecular formula is C17H21AlNO+. The number of nitrogens with zero attached hydrogens (tertiary/aromatic N) is 1. The van der Waals surface area contributed by atoms with Crippen LogP contribution in [0.3, 0.4) is 0 Å². The first-order chi connectivity index (χ1) is 9.69. The second-order valence-electron chi connectivity index (χ2n) is 5.09. The zero-order chi connectivity index (χ0) is 14.4. The standard InChI is InChI=1S/C9H12O.C8H10N.Al/c1-3-8-6-7(2)4-5-9(8)10;1-9-7-8-5-3-2-4-6-8;/h4-6,10H,3H2,1-2H3;2-6H,7H2,1H3;/q;-1;+3/p-1. The molecule has 3 heteroatoms. The van der Waals surface area contributed by atoms with Gasteiger partial charge < -0.3 is 0 Å². The first-order valence-electron chi connectivity index (χ1n) is 7.02. The van der Waals surface area contributed by atoms with Crippen molar-refractivity contribution in [2.24, 2.45) is 0 Å². The third-order valence-corrected chi connectivity index (χ3v) is 4.13. The molecule has 0 N–H and O–H groups in total. The molecule has 0 heterocycles. The van der Waals surface area contributed by atoms with Crippen LogP contribution in [0.1, 0.15) is 23.6 Å². The monoisotopic (exact) mass is 282 g/mol. The van der Waals surface area contributed by atoms with Gasteiger partial charge in [0.25, 0.3) is 0 Å². The summed E-state index contributed by atoms with van der Waals surface area (Å²) in [5.74, 6) is 1.04. The Labute approximate surface area is 128 Å². The van der Waals surface area contributed by atoms with Gasteiger partial charge in [-0.15, -0.1) is 0 Å². The van der Waals surface area contributed by atoms with Crippen molar-refractivity contribution < 1.29 is 3.79 Å². The molecule has 0 amide bonds. The second-order valence-corrected chi connectivity index (χ2v) is 6.42. The van der Waals surface area contributed by atoms with Gasteiger partial charge in [0.1, 0.15) is 0 Å². The summed E-state index contributed by atoms with van der Waals surface area (Å²) in [5.41, 5.74) is 3.91. The average molecular weight is 282 g/mol. The molecule has 0 fully saturated rings. The zero-order valence-electron chi connectivity index (χ0n) is 12.5. The summed E-state index contributed by atoms with van der Waals surface area (Å²) in [5, 5.41) is 0. The Kier molecular flexibility index (Phi) is 5.67. The van der Waals surface area contributed by atoms with Gasteiger partial charge in [-0.25, -0.2) is 0 Å². The van der Waals surface area contributed by atoms with Crippen LogP contribution in [0.5, 0.6) is 5.75 Å². The van der Waals surface area contributed by atoms with Crippen LogP contribution < -0.4 is 3.79 Å². The number of rotatable bonds is 6. The van der Waals surface area contributed by atoms with E-state index in [4.69, 9.17) is 3.79 Å². The Morgan fingerprint density at radius 3 is 2.55 bits per heavy atom. The van der Waals surface area contributed by atoms with Gasteiger partial charge in [0, 0.05) is 0 Å². The molecule has 2 aromatic carbocycles. The molecule has 0 radical (unpaired) electrons. The van der Waals surface area contributed by atoms with Gasteiger partial charge in [-0.2, -0.15) is 0 Å². The van der Waals surface area contributed by atoms with Crippen LogP contribution in [-0.2, 0) is 13.0 Å². The Morgan fingerprint density at radius 1 is 1.10 bits per heavy atom. The number of hydrogen-bond donors (Lipinski definition) is 0. The molecule has 2 nitrogen and oxygen atoms in total. The Morgan fingerprint density at radius 2 is 1.85 bits per heavy atom. The SMILES string of the molecule is CCc1cc(C)ccc1[O][Al+][N](C)Cc1ccccc1. The van der Waals surface area contributed by atoms with Gasteiger partial charge in [-0.3, -0.25) is 0 Å². The fraction of sp³-hybridized carbons (Fsp3) is 0.294. The maximum absolute atomic E-state index is 6.03. The van der Waals surface area contributed by atoms with E-state index in [1.54, 1.807) is 0 Å². The first-order valence-corrected chi connectivity index (χ1v) is 8.01. The quantitative estimate of drug-likeness (QED) is 0.751. The number of hydrogen-bond acceptors (Lipinski definition) is 2. The summed E-state index contributed by atoms with van der Waals surface area (Å²) in [6.07, 6.45) is 1.01. The van der Waals surface area contributed by atoms with E-state index in [-0.39, 0.29) is 15.8 Å². The third kappa shape index (κ3) is 4.38. The van der Waals surface area contributed by atoms with E-state index < -0.39 is 0 Å². The molecule has 0 bridgehead atoms. The van der Waals surface area contributed by atoms with E-state index in [0.717, 1.165) is 18.7 Å². The number of aryl methyl sites for hydroxylation is 2. The van der Waals surface area contributed by atoms with Gasteiger partial charge >= 0.3 is 128 Å². The fourth-order valence-corrected chi connectivity index (χ4v) is 2.96. The van der Waals surface area contributed by atoms with E-state index in [2.05, 4.69) is 67.2 Å². The van der Waals surface area contributed by atoms with Crippen molar-refractivity contribution in [3.05, 3.63) is 65.2 Å². The summed E-state index contributed by atoms with van der Waals surface area (Å²) in [6, 6.07) is 16.9. The van der Waals surface area contributed by atoms with Crippen molar-refractivity contribution in [3.8, 4) is 5.75 Å². The zero-order valence-corrected chi connectivity index (χ0v) is 13.6. The van der Waals surface area contributed by atoms with Crippen molar-refractivity contribution in [2.75, 3.05) is 7.05 Å². The molecule has 0 spiro atoms. The third-order valence-electron chi connectivity index (χ3n) is 3.23. The van der Waals surface area contributed by atoms with E-state index >= 15 is 0 Å². The maximum atomic E-state index is 6.03. The number of benzene rings is 2. The molecule has 2 rings (SSSR count). The Bertz CT molecular complexity index is 542. The van der Waals surface area contributed by atoms with Gasteiger partial charge in [-0.05, 0) is 0 Å². The van der Waals surface area contributed by atoms with Crippen molar-refractivity contribution >= 4 is 15.8 Å². The van der Waals surface area contributed by atoms with Gasteiger partial charge in [0.2, 0.25) is 0 Å². The van der Waals surface area contributed by atoms with Gasteiger partial charge in [0.05, 0.1) is 0 Å². The van der Waals surface area contributed by atoms with E-state index in [1.807, 2.05) is 6.07 Å². The molecule has 0 aliphatic rings. The van der Waals surface area contributed by atoms with Crippen molar-refractivity contribution in [1.29, 1.82) is 0 Å². The summed E-state index contributed by atoms with van der Waals surface area (Å²) in [6.45, 7) is 5.23. The fourth-order valence-electron chi connectivity index (χ4n) is 2.15. The normalized spacial score (nSPS) is 10.4. The van der Waals surface area contributed by atoms with E-state index in [0.29, 0.717) is 0 Å². The molecule has 20 heavy (non-hydrogen) atoms. The van der Waals surface area contributed by atoms with Crippen molar-refractivity contribution in [3.63, 3.8) is 0 Å². The molecule has 0 saturated carbocycles. The summed E-state index contributed by atoms with van der Waals surface area (Å²) in [4.78, 5) is 0. The molecule has 0 saturated heterocycles. The van der Waals surface area contributed by atoms with Crippen LogP contribution in [0.15, 0.2) is 48.5 Å². The molecule has 0 aliphatic heterocycles. The van der Waals surface area contributed by atoms with Crippen LogP contribution in [0.25, 0.3) is 0 Å². The summed E-state index contributed by atoms with van der Waals surface area (Å²) in [7, 11) is 2.11. The minimum atomic E-state index is -0.189. The predicted octanol–water partition coefficient (Wildman–Crippen LogP) is 3.60. The van der Waals surface area contributed by atoms with Crippen LogP contribution >= 0.6 is 0 Å². The van der Waals surface area contributed by atoms with E-state index in [1.165, 1.54) is 16.7 Å².